The van der Waals surface area contributed by atoms with Gasteiger partial charge in [-0.25, -0.2) is 0 Å². The summed E-state index contributed by atoms with van der Waals surface area (Å²) in [6, 6.07) is 8.33. The largest absolute Gasteiger partial charge is 0.385 e. The molecule has 1 amide bonds. The molecule has 1 aliphatic heterocycles. The van der Waals surface area contributed by atoms with E-state index in [2.05, 4.69) is 41.7 Å². The van der Waals surface area contributed by atoms with Crippen LogP contribution in [0, 0.1) is 17.8 Å². The fraction of sp³-hybridized carbons (Fsp3) is 0.500. The van der Waals surface area contributed by atoms with Crippen LogP contribution in [0.15, 0.2) is 36.4 Å². The van der Waals surface area contributed by atoms with Crippen LogP contribution in [0.3, 0.4) is 0 Å². The summed E-state index contributed by atoms with van der Waals surface area (Å²) in [6.45, 7) is 1.93. The van der Waals surface area contributed by atoms with Crippen molar-refractivity contribution in [2.45, 2.75) is 25.7 Å². The highest BCUT2D eigenvalue weighted by Gasteiger charge is 2.35. The molecule has 1 saturated carbocycles. The van der Waals surface area contributed by atoms with Gasteiger partial charge in [-0.3, -0.25) is 4.79 Å². The van der Waals surface area contributed by atoms with Gasteiger partial charge in [-0.15, -0.1) is 0 Å². The van der Waals surface area contributed by atoms with Gasteiger partial charge in [-0.05, 0) is 61.3 Å². The van der Waals surface area contributed by atoms with Crippen LogP contribution in [0.4, 0.5) is 11.4 Å². The standard InChI is InChI=1S/C18H22N2O/c21-18-2-1-9-20(18)17-7-5-16(6-8-17)19-12-15-11-13-3-4-14(15)10-13/h3-8,13-15,19H,1-2,9-12H2. The molecule has 0 aromatic heterocycles. The van der Waals surface area contributed by atoms with Crippen molar-refractivity contribution >= 4 is 17.3 Å². The van der Waals surface area contributed by atoms with Gasteiger partial charge in [-0.2, -0.15) is 0 Å². The molecule has 2 aliphatic carbocycles. The summed E-state index contributed by atoms with van der Waals surface area (Å²) >= 11 is 0. The molecule has 3 heteroatoms. The van der Waals surface area contributed by atoms with Crippen LogP contribution in [-0.4, -0.2) is 19.0 Å². The minimum atomic E-state index is 0.254. The van der Waals surface area contributed by atoms with Crippen molar-refractivity contribution in [3.8, 4) is 0 Å². The zero-order valence-corrected chi connectivity index (χ0v) is 12.3. The molecule has 4 rings (SSSR count). The van der Waals surface area contributed by atoms with E-state index in [9.17, 15) is 4.79 Å². The lowest BCUT2D eigenvalue weighted by Crippen LogP contribution is -2.23. The number of rotatable bonds is 4. The van der Waals surface area contributed by atoms with E-state index < -0.39 is 0 Å². The fourth-order valence-corrected chi connectivity index (χ4v) is 4.06. The maximum Gasteiger partial charge on any atom is 0.227 e. The molecular formula is C18H22N2O. The molecule has 3 nitrogen and oxygen atoms in total. The first-order chi connectivity index (χ1) is 10.3. The van der Waals surface area contributed by atoms with Crippen LogP contribution >= 0.6 is 0 Å². The van der Waals surface area contributed by atoms with Gasteiger partial charge in [0.15, 0.2) is 0 Å². The summed E-state index contributed by atoms with van der Waals surface area (Å²) in [4.78, 5) is 13.6. The zero-order chi connectivity index (χ0) is 14.2. The van der Waals surface area contributed by atoms with Crippen molar-refractivity contribution in [2.75, 3.05) is 23.3 Å². The van der Waals surface area contributed by atoms with E-state index in [4.69, 9.17) is 0 Å². The third-order valence-electron chi connectivity index (χ3n) is 5.24. The first-order valence-corrected chi connectivity index (χ1v) is 8.12. The number of benzene rings is 1. The lowest BCUT2D eigenvalue weighted by atomic mass is 9.93. The Morgan fingerprint density at radius 1 is 1.14 bits per heavy atom. The quantitative estimate of drug-likeness (QED) is 0.858. The summed E-state index contributed by atoms with van der Waals surface area (Å²) in [5.74, 6) is 2.68. The molecule has 3 aliphatic rings. The Morgan fingerprint density at radius 2 is 2.00 bits per heavy atom. The number of carbonyl (C=O) groups excluding carboxylic acids is 1. The molecular weight excluding hydrogens is 260 g/mol. The predicted octanol–water partition coefficient (Wildman–Crippen LogP) is 3.44. The molecule has 0 radical (unpaired) electrons. The molecule has 1 aromatic carbocycles. The second-order valence-electron chi connectivity index (χ2n) is 6.62. The number of amides is 1. The average molecular weight is 282 g/mol. The molecule has 21 heavy (non-hydrogen) atoms. The number of hydrogen-bond acceptors (Lipinski definition) is 2. The smallest absolute Gasteiger partial charge is 0.227 e. The van der Waals surface area contributed by atoms with E-state index in [1.54, 1.807) is 0 Å². The third-order valence-corrected chi connectivity index (χ3v) is 5.24. The van der Waals surface area contributed by atoms with Crippen molar-refractivity contribution in [3.05, 3.63) is 36.4 Å². The third kappa shape index (κ3) is 2.45. The Kier molecular flexibility index (Phi) is 3.21. The van der Waals surface area contributed by atoms with Crippen LogP contribution in [0.5, 0.6) is 0 Å². The monoisotopic (exact) mass is 282 g/mol. The second kappa shape index (κ2) is 5.21. The number of fused-ring (bicyclic) bond motifs is 2. The maximum absolute atomic E-state index is 11.7. The van der Waals surface area contributed by atoms with E-state index in [1.807, 2.05) is 4.90 Å². The number of nitrogens with zero attached hydrogens (tertiary/aromatic N) is 1. The van der Waals surface area contributed by atoms with Crippen LogP contribution in [-0.2, 0) is 4.79 Å². The summed E-state index contributed by atoms with van der Waals surface area (Å²) in [5.41, 5.74) is 2.20. The lowest BCUT2D eigenvalue weighted by molar-refractivity contribution is -0.117. The SMILES string of the molecule is O=C1CCCN1c1ccc(NCC2CC3C=CC2C3)cc1. The van der Waals surface area contributed by atoms with Crippen molar-refractivity contribution in [1.82, 2.24) is 0 Å². The second-order valence-corrected chi connectivity index (χ2v) is 6.62. The van der Waals surface area contributed by atoms with Crippen molar-refractivity contribution in [1.29, 1.82) is 0 Å². The minimum Gasteiger partial charge on any atom is -0.385 e. The molecule has 2 bridgehead atoms. The molecule has 3 atom stereocenters. The normalized spacial score (nSPS) is 30.4. The first kappa shape index (κ1) is 12.9. The Morgan fingerprint density at radius 3 is 2.62 bits per heavy atom. The van der Waals surface area contributed by atoms with Crippen molar-refractivity contribution in [2.24, 2.45) is 17.8 Å². The van der Waals surface area contributed by atoms with E-state index in [0.717, 1.165) is 48.6 Å². The highest BCUT2D eigenvalue weighted by atomic mass is 16.2. The van der Waals surface area contributed by atoms with Gasteiger partial charge in [0.25, 0.3) is 0 Å². The van der Waals surface area contributed by atoms with Gasteiger partial charge in [0.2, 0.25) is 5.91 Å². The Labute approximate surface area is 126 Å². The lowest BCUT2D eigenvalue weighted by Gasteiger charge is -2.20. The maximum atomic E-state index is 11.7. The molecule has 2 fully saturated rings. The fourth-order valence-electron chi connectivity index (χ4n) is 4.06. The molecule has 1 heterocycles. The highest BCUT2D eigenvalue weighted by molar-refractivity contribution is 5.95. The number of allylic oxidation sites excluding steroid dienone is 2. The first-order valence-electron chi connectivity index (χ1n) is 8.12. The van der Waals surface area contributed by atoms with Crippen molar-refractivity contribution in [3.63, 3.8) is 0 Å². The molecule has 3 unspecified atom stereocenters. The number of nitrogens with one attached hydrogen (secondary N) is 1. The van der Waals surface area contributed by atoms with Gasteiger partial charge in [-0.1, -0.05) is 12.2 Å². The average Bonchev–Trinajstić information content (AvgIpc) is 3.22. The summed E-state index contributed by atoms with van der Waals surface area (Å²) < 4.78 is 0. The van der Waals surface area contributed by atoms with E-state index >= 15 is 0 Å². The van der Waals surface area contributed by atoms with Gasteiger partial charge < -0.3 is 10.2 Å². The molecule has 110 valence electrons. The van der Waals surface area contributed by atoms with Gasteiger partial charge in [0.05, 0.1) is 0 Å². The highest BCUT2D eigenvalue weighted by Crippen LogP contribution is 2.43. The van der Waals surface area contributed by atoms with Crippen LogP contribution in [0.2, 0.25) is 0 Å². The number of carbonyl (C=O) groups is 1. The topological polar surface area (TPSA) is 32.3 Å². The molecule has 1 aromatic rings. The summed E-state index contributed by atoms with van der Waals surface area (Å²) in [7, 11) is 0. The number of hydrogen-bond donors (Lipinski definition) is 1. The predicted molar refractivity (Wildman–Crippen MR) is 85.4 cm³/mol. The Balaban J connectivity index is 1.36. The molecule has 1 saturated heterocycles. The number of anilines is 2. The molecule has 0 spiro atoms. The summed E-state index contributed by atoms with van der Waals surface area (Å²) in [5, 5.41) is 3.56. The Bertz CT molecular complexity index is 563. The van der Waals surface area contributed by atoms with E-state index in [0.29, 0.717) is 6.42 Å². The van der Waals surface area contributed by atoms with Crippen LogP contribution < -0.4 is 10.2 Å². The van der Waals surface area contributed by atoms with E-state index in [-0.39, 0.29) is 5.91 Å². The van der Waals surface area contributed by atoms with Crippen LogP contribution in [0.25, 0.3) is 0 Å². The van der Waals surface area contributed by atoms with Gasteiger partial charge in [0.1, 0.15) is 0 Å². The molecule has 1 N–H and O–H groups in total. The minimum absolute atomic E-state index is 0.254. The Hall–Kier alpha value is -1.77. The van der Waals surface area contributed by atoms with Crippen LogP contribution in [0.1, 0.15) is 25.7 Å². The van der Waals surface area contributed by atoms with Gasteiger partial charge >= 0.3 is 0 Å². The zero-order valence-electron chi connectivity index (χ0n) is 12.3. The van der Waals surface area contributed by atoms with Gasteiger partial charge in [0, 0.05) is 30.9 Å². The summed E-state index contributed by atoms with van der Waals surface area (Å²) in [6.07, 6.45) is 9.18. The van der Waals surface area contributed by atoms with E-state index in [1.165, 1.54) is 12.8 Å². The van der Waals surface area contributed by atoms with Crippen molar-refractivity contribution < 1.29 is 4.79 Å².